The minimum absolute atomic E-state index is 1.25. The third-order valence-electron chi connectivity index (χ3n) is 0. The molecule has 0 heterocycles. The van der Waals surface area contributed by atoms with Crippen molar-refractivity contribution in [1.29, 1.82) is 0 Å². The zero-order valence-electron chi connectivity index (χ0n) is 9.70. The third-order valence-corrected chi connectivity index (χ3v) is 0. The summed E-state index contributed by atoms with van der Waals surface area (Å²) in [7, 11) is -4.64. The van der Waals surface area contributed by atoms with Crippen LogP contribution in [0.3, 0.4) is 0 Å². The van der Waals surface area contributed by atoms with Gasteiger partial charge in [0.2, 0.25) is 0 Å². The molecule has 0 aliphatic heterocycles. The van der Waals surface area contributed by atoms with Crippen LogP contribution in [0.4, 0.5) is 0 Å². The van der Waals surface area contributed by atoms with E-state index >= 15 is 0 Å². The average Bonchev–Trinajstić information content (AvgIpc) is 1.86. The zero-order chi connectivity index (χ0) is 12.6. The van der Waals surface area contributed by atoms with E-state index in [0.717, 1.165) is 0 Å². The van der Waals surface area contributed by atoms with Crippen LogP contribution in [0.1, 0.15) is 0 Å². The van der Waals surface area contributed by atoms with Crippen LogP contribution in [0, 0.1) is 0 Å². The molecule has 0 radical (unpaired) electrons. The molecular formula is H12N3O4P. The van der Waals surface area contributed by atoms with Gasteiger partial charge in [0.15, 0.2) is 0 Å². The van der Waals surface area contributed by atoms with Crippen LogP contribution in [-0.2, 0) is 4.57 Å². The predicted molar refractivity (Wildman–Crippen MR) is 29.3 cm³/mol. The predicted octanol–water partition coefficient (Wildman–Crippen LogP) is -0.443. The summed E-state index contributed by atoms with van der Waals surface area (Å²) in [5.41, 5.74) is 0. The van der Waals surface area contributed by atoms with Gasteiger partial charge in [-0.05, 0) is 0 Å². The van der Waals surface area contributed by atoms with E-state index < -0.39 is 7.82 Å². The van der Waals surface area contributed by atoms with Gasteiger partial charge < -0.3 is 33.1 Å². The van der Waals surface area contributed by atoms with Crippen molar-refractivity contribution in [1.82, 2.24) is 18.4 Å². The maximum atomic E-state index is 8.88. The standard InChI is InChI=1S/3H3N.H3O4P/c;;;1-5(2,3)4/h3*1H3;(H3,1,2,3,4)/i/hD6. The zero-order valence-corrected chi connectivity index (χ0v) is 4.59. The number of hydrogen-bond acceptors (Lipinski definition) is 4. The SMILES string of the molecule is O=P(O)(O)O.[2H]N[2H].[2H]N[2H].[2H]N[2H]. The van der Waals surface area contributed by atoms with Gasteiger partial charge in [0.05, 0.1) is 0 Å². The highest BCUT2D eigenvalue weighted by molar-refractivity contribution is 7.45. The van der Waals surface area contributed by atoms with Crippen LogP contribution in [0.2, 0.25) is 8.47 Å². The summed E-state index contributed by atoms with van der Waals surface area (Å²) in [6, 6.07) is 0. The van der Waals surface area contributed by atoms with Gasteiger partial charge in [-0.25, -0.2) is 4.57 Å². The first-order valence-electron chi connectivity index (χ1n) is 3.78. The fourth-order valence-corrected chi connectivity index (χ4v) is 0. The fraction of sp³-hybridized carbons (Fsp3) is 0. The normalized spacial score (nSPS) is 14.9. The second-order valence-corrected chi connectivity index (χ2v) is 1.54. The van der Waals surface area contributed by atoms with Gasteiger partial charge in [-0.15, -0.1) is 0 Å². The summed E-state index contributed by atoms with van der Waals surface area (Å²) in [5, 5.41) is 0. The Morgan fingerprint density at radius 1 is 1.25 bits per heavy atom. The van der Waals surface area contributed by atoms with E-state index in [-0.39, 0.29) is 0 Å². The molecule has 0 unspecified atom stereocenters. The molecular weight excluding hydrogens is 137 g/mol. The molecule has 7 nitrogen and oxygen atoms in total. The maximum Gasteiger partial charge on any atom is 0.466 e. The molecule has 0 aromatic carbocycles. The fourth-order valence-electron chi connectivity index (χ4n) is 0. The van der Waals surface area contributed by atoms with Crippen molar-refractivity contribution in [3.63, 3.8) is 0 Å². The van der Waals surface area contributed by atoms with Crippen molar-refractivity contribution in [2.45, 2.75) is 0 Å². The van der Waals surface area contributed by atoms with E-state index in [0.29, 0.717) is 0 Å². The van der Waals surface area contributed by atoms with Gasteiger partial charge in [0.25, 0.3) is 0 Å². The molecule has 0 rings (SSSR count). The van der Waals surface area contributed by atoms with Crippen molar-refractivity contribution < 1.29 is 27.7 Å². The highest BCUT2D eigenvalue weighted by Gasteiger charge is 2.00. The van der Waals surface area contributed by atoms with Gasteiger partial charge in [0, 0.05) is 0 Å². The lowest BCUT2D eigenvalue weighted by atomic mass is 14.0. The van der Waals surface area contributed by atoms with Crippen LogP contribution in [-0.4, -0.2) is 14.7 Å². The molecule has 56 valence electrons. The van der Waals surface area contributed by atoms with Gasteiger partial charge in [-0.1, -0.05) is 0 Å². The molecule has 12 N–H and O–H groups in total. The Morgan fingerprint density at radius 2 is 1.25 bits per heavy atom. The van der Waals surface area contributed by atoms with Crippen molar-refractivity contribution in [3.8, 4) is 0 Å². The first-order chi connectivity index (χ1) is 6.24. The Bertz CT molecular complexity index is 96.2. The van der Waals surface area contributed by atoms with E-state index in [2.05, 4.69) is 0 Å². The summed E-state index contributed by atoms with van der Waals surface area (Å²) < 4.78 is 42.6. The number of rotatable bonds is 0. The van der Waals surface area contributed by atoms with E-state index in [9.17, 15) is 0 Å². The number of phosphoric acid groups is 1. The molecule has 0 aliphatic rings. The van der Waals surface area contributed by atoms with Crippen molar-refractivity contribution in [2.24, 2.45) is 0 Å². The molecule has 0 amide bonds. The lowest BCUT2D eigenvalue weighted by Crippen LogP contribution is -1.66. The largest absolute Gasteiger partial charge is 0.466 e. The van der Waals surface area contributed by atoms with Crippen LogP contribution >= 0.6 is 7.82 Å². The Morgan fingerprint density at radius 3 is 1.25 bits per heavy atom. The van der Waals surface area contributed by atoms with Gasteiger partial charge in [0.1, 0.15) is 8.47 Å². The minimum Gasteiger partial charge on any atom is -0.344 e. The Kier molecular flexibility index (Phi) is 3.42. The molecule has 8 heavy (non-hydrogen) atoms. The second-order valence-electron chi connectivity index (χ2n) is 0.513. The topological polar surface area (TPSA) is 183 Å². The molecule has 0 aromatic heterocycles. The second kappa shape index (κ2) is 6.99. The molecule has 0 saturated heterocycles. The molecule has 0 atom stereocenters. The smallest absolute Gasteiger partial charge is 0.344 e. The average molecular weight is 155 g/mol. The molecule has 0 spiro atoms. The Labute approximate surface area is 55.5 Å². The Balaban J connectivity index is -0.0000000495. The van der Waals surface area contributed by atoms with E-state index in [1.54, 1.807) is 0 Å². The quantitative estimate of drug-likeness (QED) is 0.256. The molecule has 0 fully saturated rings. The van der Waals surface area contributed by atoms with E-state index in [4.69, 9.17) is 27.7 Å². The van der Waals surface area contributed by atoms with Crippen LogP contribution in [0.25, 0.3) is 0 Å². The lowest BCUT2D eigenvalue weighted by Gasteiger charge is -1.82. The molecule has 0 aromatic rings. The minimum atomic E-state index is -4.64. The number of hydrogen-bond donors (Lipinski definition) is 6. The summed E-state index contributed by atoms with van der Waals surface area (Å²) >= 11 is 0. The Hall–Kier alpha value is -0.0100. The highest BCUT2D eigenvalue weighted by atomic mass is 31.2. The molecule has 0 bridgehead atoms. The molecule has 0 aliphatic carbocycles. The maximum absolute atomic E-state index is 8.88. The van der Waals surface area contributed by atoms with Gasteiger partial charge >= 0.3 is 7.82 Å². The van der Waals surface area contributed by atoms with Crippen LogP contribution < -0.4 is 18.4 Å². The first-order valence-corrected chi connectivity index (χ1v) is 2.35. The monoisotopic (exact) mass is 155 g/mol. The summed E-state index contributed by atoms with van der Waals surface area (Å²) in [5.74, 6) is 0. The van der Waals surface area contributed by atoms with Crippen molar-refractivity contribution in [3.05, 3.63) is 0 Å². The summed E-state index contributed by atoms with van der Waals surface area (Å²) in [6.07, 6.45) is 3.75. The third kappa shape index (κ3) is 1490000. The van der Waals surface area contributed by atoms with E-state index in [1.165, 1.54) is 18.4 Å². The lowest BCUT2D eigenvalue weighted by molar-refractivity contribution is 0.275. The molecule has 0 saturated carbocycles. The van der Waals surface area contributed by atoms with E-state index in [1.807, 2.05) is 0 Å². The van der Waals surface area contributed by atoms with Gasteiger partial charge in [-0.2, -0.15) is 0 Å². The van der Waals surface area contributed by atoms with Crippen LogP contribution in [0.5, 0.6) is 0 Å². The van der Waals surface area contributed by atoms with Crippen LogP contribution in [0.15, 0.2) is 0 Å². The first kappa shape index (κ1) is 3.91. The van der Waals surface area contributed by atoms with Gasteiger partial charge in [-0.3, -0.25) is 0 Å². The summed E-state index contributed by atoms with van der Waals surface area (Å²) in [6.45, 7) is 0. The highest BCUT2D eigenvalue weighted by Crippen LogP contribution is 2.25. The summed E-state index contributed by atoms with van der Waals surface area (Å²) in [4.78, 5) is 21.6. The van der Waals surface area contributed by atoms with Crippen molar-refractivity contribution >= 4 is 7.82 Å². The molecule has 8 heteroatoms. The van der Waals surface area contributed by atoms with Crippen molar-refractivity contribution in [2.75, 3.05) is 0 Å².